The third-order valence-electron chi connectivity index (χ3n) is 13.4. The average Bonchev–Trinajstić information content (AvgIpc) is 3.49. The first kappa shape index (κ1) is 42.2. The Bertz CT molecular complexity index is 1960. The fraction of sp³-hybridized carbons (Fsp3) is 0.595. The van der Waals surface area contributed by atoms with E-state index in [1.807, 2.05) is 11.0 Å². The van der Waals surface area contributed by atoms with E-state index in [-0.39, 0.29) is 55.5 Å². The van der Waals surface area contributed by atoms with Gasteiger partial charge in [-0.2, -0.15) is 0 Å². The zero-order valence-corrected chi connectivity index (χ0v) is 34.1. The number of ether oxygens (including phenoxy) is 2. The molecule has 5 fully saturated rings. The molecule has 16 heteroatoms. The van der Waals surface area contributed by atoms with Crippen molar-refractivity contribution in [3.05, 3.63) is 72.6 Å². The third-order valence-corrected chi connectivity index (χ3v) is 15.6. The quantitative estimate of drug-likeness (QED) is 0.227. The summed E-state index contributed by atoms with van der Waals surface area (Å²) in [6.07, 6.45) is 5.24. The fourth-order valence-corrected chi connectivity index (χ4v) is 11.9. The molecule has 7 rings (SSSR count). The number of amides is 2. The summed E-state index contributed by atoms with van der Waals surface area (Å²) in [7, 11) is -3.00. The summed E-state index contributed by atoms with van der Waals surface area (Å²) in [5.41, 5.74) is -1.51. The van der Waals surface area contributed by atoms with Crippen LogP contribution in [-0.2, 0) is 29.5 Å². The maximum Gasteiger partial charge on any atom is 0.407 e. The van der Waals surface area contributed by atoms with E-state index in [4.69, 9.17) is 14.5 Å². The van der Waals surface area contributed by atoms with Gasteiger partial charge in [-0.1, -0.05) is 18.7 Å². The molecule has 0 aromatic heterocycles. The van der Waals surface area contributed by atoms with Crippen LogP contribution < -0.4 is 10.2 Å². The van der Waals surface area contributed by atoms with Crippen LogP contribution in [0.5, 0.6) is 0 Å². The van der Waals surface area contributed by atoms with Crippen molar-refractivity contribution in [1.82, 2.24) is 20.0 Å². The SMILES string of the molecule is C=CC(=O)N1CCOC[C@@](O)(S(=O)(=O)c2ccc(N3CC(F)(CN4CCC(C(CN5CCC5)(c5cccc(F)c5)[C@@]5(N=C)CCC[C@@H]5NC(=O)OC)CC4)C3)cc2)C1. The Kier molecular flexibility index (Phi) is 12.1. The number of hydrogen-bond acceptors (Lipinski definition) is 11. The van der Waals surface area contributed by atoms with Gasteiger partial charge in [0.15, 0.2) is 5.67 Å². The largest absolute Gasteiger partial charge is 0.453 e. The summed E-state index contributed by atoms with van der Waals surface area (Å²) in [6, 6.07) is 12.4. The second kappa shape index (κ2) is 16.6. The molecular weight excluding hydrogens is 771 g/mol. The zero-order valence-electron chi connectivity index (χ0n) is 33.3. The number of aliphatic imine (C=N–C) groups is 1. The number of piperidine rings is 1. The highest BCUT2D eigenvalue weighted by atomic mass is 32.2. The minimum atomic E-state index is -4.35. The molecule has 2 aromatic carbocycles. The number of β-amino-alcohol motifs (C(OH)–C–C–N with tert-alkyl or cyclic N) is 1. The molecule has 2 amide bonds. The lowest BCUT2D eigenvalue weighted by Gasteiger charge is -2.58. The molecule has 2 aromatic rings. The molecule has 0 spiro atoms. The van der Waals surface area contributed by atoms with Gasteiger partial charge < -0.3 is 34.6 Å². The van der Waals surface area contributed by atoms with Gasteiger partial charge in [-0.25, -0.2) is 22.0 Å². The van der Waals surface area contributed by atoms with Gasteiger partial charge in [0.25, 0.3) is 0 Å². The molecule has 1 unspecified atom stereocenters. The van der Waals surface area contributed by atoms with E-state index < -0.39 is 56.5 Å². The molecule has 58 heavy (non-hydrogen) atoms. The Hall–Kier alpha value is -3.96. The molecule has 1 aliphatic carbocycles. The van der Waals surface area contributed by atoms with E-state index in [0.29, 0.717) is 38.2 Å². The molecule has 316 valence electrons. The van der Waals surface area contributed by atoms with Gasteiger partial charge in [0.1, 0.15) is 5.82 Å². The van der Waals surface area contributed by atoms with Crippen molar-refractivity contribution in [3.8, 4) is 0 Å². The van der Waals surface area contributed by atoms with Crippen LogP contribution in [0.15, 0.2) is 71.1 Å². The molecule has 4 saturated heterocycles. The summed E-state index contributed by atoms with van der Waals surface area (Å²) >= 11 is 0. The summed E-state index contributed by atoms with van der Waals surface area (Å²) in [5.74, 6) is -0.799. The summed E-state index contributed by atoms with van der Waals surface area (Å²) < 4.78 is 69.3. The van der Waals surface area contributed by atoms with Gasteiger partial charge in [-0.3, -0.25) is 14.7 Å². The Morgan fingerprint density at radius 3 is 2.40 bits per heavy atom. The highest BCUT2D eigenvalue weighted by Gasteiger charge is 2.63. The van der Waals surface area contributed by atoms with Crippen molar-refractivity contribution in [1.29, 1.82) is 0 Å². The van der Waals surface area contributed by atoms with Crippen LogP contribution in [0, 0.1) is 11.7 Å². The maximum absolute atomic E-state index is 16.4. The van der Waals surface area contributed by atoms with Gasteiger partial charge in [-0.15, -0.1) is 0 Å². The van der Waals surface area contributed by atoms with E-state index in [1.165, 1.54) is 30.2 Å². The highest BCUT2D eigenvalue weighted by Crippen LogP contribution is 2.56. The molecular formula is C42H56F2N6O7S. The number of methoxy groups -OCH3 is 1. The minimum Gasteiger partial charge on any atom is -0.453 e. The number of rotatable bonds is 13. The zero-order chi connectivity index (χ0) is 41.3. The number of hydrogen-bond donors (Lipinski definition) is 2. The van der Waals surface area contributed by atoms with E-state index in [0.717, 1.165) is 50.4 Å². The number of alkyl carbamates (subject to hydrolysis) is 1. The molecule has 0 bridgehead atoms. The number of likely N-dealkylation sites (tertiary alicyclic amines) is 2. The predicted molar refractivity (Wildman–Crippen MR) is 216 cm³/mol. The second-order valence-corrected chi connectivity index (χ2v) is 19.0. The van der Waals surface area contributed by atoms with Crippen molar-refractivity contribution >= 4 is 34.2 Å². The number of benzene rings is 2. The second-order valence-electron chi connectivity index (χ2n) is 16.8. The Labute approximate surface area is 340 Å². The third kappa shape index (κ3) is 7.66. The Morgan fingerprint density at radius 1 is 1.05 bits per heavy atom. The van der Waals surface area contributed by atoms with E-state index in [1.54, 1.807) is 24.3 Å². The van der Waals surface area contributed by atoms with Crippen molar-refractivity contribution < 1.29 is 41.4 Å². The van der Waals surface area contributed by atoms with E-state index in [2.05, 4.69) is 28.4 Å². The number of halogens is 2. The fourth-order valence-electron chi connectivity index (χ4n) is 10.4. The number of aliphatic hydroxyl groups is 1. The van der Waals surface area contributed by atoms with Crippen LogP contribution in [0.2, 0.25) is 0 Å². The van der Waals surface area contributed by atoms with Crippen molar-refractivity contribution in [2.45, 2.75) is 71.0 Å². The van der Waals surface area contributed by atoms with Gasteiger partial charge in [0, 0.05) is 30.7 Å². The molecule has 4 heterocycles. The number of nitrogens with one attached hydrogen (secondary N) is 1. The number of anilines is 1. The standard InChI is InChI=1S/C42H56F2N6O7S/c1-4-37(51)49-22-23-57-30-40(53,28-49)58(54,55)35-13-11-34(12-14-35)50-26-39(44,27-50)25-48-20-15-31(16-21-48)41(29-47-18-7-19-47,32-8-5-9-33(43)24-32)42(45-2)17-6-10-36(42)46-38(52)56-3/h4-5,8-9,11-14,24,31,36,53H,1-2,6-7,10,15-23,25-30H2,3H3,(H,46,52)/t36-,40-,41?,42+/m0/s1. The van der Waals surface area contributed by atoms with Crippen molar-refractivity contribution in [3.63, 3.8) is 0 Å². The Morgan fingerprint density at radius 2 is 1.78 bits per heavy atom. The molecule has 4 atom stereocenters. The van der Waals surface area contributed by atoms with Crippen LogP contribution in [0.3, 0.4) is 0 Å². The Balaban J connectivity index is 1.04. The lowest BCUT2D eigenvalue weighted by atomic mass is 9.54. The monoisotopic (exact) mass is 826 g/mol. The molecule has 4 aliphatic heterocycles. The van der Waals surface area contributed by atoms with Crippen LogP contribution >= 0.6 is 0 Å². The first-order valence-electron chi connectivity index (χ1n) is 20.2. The van der Waals surface area contributed by atoms with E-state index in [9.17, 15) is 23.1 Å². The minimum absolute atomic E-state index is 0.0353. The predicted octanol–water partition coefficient (Wildman–Crippen LogP) is 3.56. The molecule has 5 aliphatic rings. The number of alkyl halides is 1. The normalized spacial score (nSPS) is 28.0. The number of nitrogens with zero attached hydrogens (tertiary/aromatic N) is 5. The van der Waals surface area contributed by atoms with E-state index >= 15 is 8.78 Å². The van der Waals surface area contributed by atoms with Gasteiger partial charge in [0.2, 0.25) is 20.7 Å². The average molecular weight is 827 g/mol. The smallest absolute Gasteiger partial charge is 0.407 e. The first-order chi connectivity index (χ1) is 27.7. The summed E-state index contributed by atoms with van der Waals surface area (Å²) in [5, 5.41) is 14.4. The number of carbonyl (C=O) groups is 2. The van der Waals surface area contributed by atoms with Gasteiger partial charge in [-0.05, 0) is 125 Å². The van der Waals surface area contributed by atoms with Crippen LogP contribution in [0.1, 0.15) is 44.1 Å². The van der Waals surface area contributed by atoms with Gasteiger partial charge in [0.05, 0.1) is 56.4 Å². The van der Waals surface area contributed by atoms with Crippen LogP contribution in [0.4, 0.5) is 19.3 Å². The lowest BCUT2D eigenvalue weighted by molar-refractivity contribution is -0.127. The topological polar surface area (TPSA) is 144 Å². The first-order valence-corrected chi connectivity index (χ1v) is 21.7. The summed E-state index contributed by atoms with van der Waals surface area (Å²) in [4.78, 5) is 35.0. The van der Waals surface area contributed by atoms with Crippen molar-refractivity contribution in [2.75, 3.05) is 90.7 Å². The van der Waals surface area contributed by atoms with Gasteiger partial charge >= 0.3 is 6.09 Å². The number of sulfone groups is 1. The molecule has 2 N–H and O–H groups in total. The molecule has 1 saturated carbocycles. The molecule has 13 nitrogen and oxygen atoms in total. The highest BCUT2D eigenvalue weighted by molar-refractivity contribution is 7.92. The summed E-state index contributed by atoms with van der Waals surface area (Å²) in [6.45, 7) is 11.1. The molecule has 0 radical (unpaired) electrons. The lowest BCUT2D eigenvalue weighted by Crippen LogP contribution is -2.69. The maximum atomic E-state index is 16.4. The van der Waals surface area contributed by atoms with Crippen LogP contribution in [-0.4, -0.2) is 155 Å². The number of carbonyl (C=O) groups excluding carboxylic acids is 2. The van der Waals surface area contributed by atoms with Crippen molar-refractivity contribution in [2.24, 2.45) is 10.9 Å². The van der Waals surface area contributed by atoms with Crippen LogP contribution in [0.25, 0.3) is 0 Å².